The van der Waals surface area contributed by atoms with Crippen LogP contribution in [0.15, 0.2) is 18.2 Å². The van der Waals surface area contributed by atoms with Crippen molar-refractivity contribution in [1.29, 1.82) is 0 Å². The molecule has 1 aromatic carbocycles. The van der Waals surface area contributed by atoms with Crippen LogP contribution in [0.5, 0.6) is 5.75 Å². The number of rotatable bonds is 22. The number of aliphatic hydroxyl groups is 2. The standard InChI is InChI=1S/C30H54O4/c1-5-7-9-11-13-15-17-19-27-21-22-29(34-30(23-25(3)31)33-26(4)32)28(24-27)20-18-16-14-12-10-8-6-2/h21-22,24-26,30-32H,5-20,23H2,1-4H3. The summed E-state index contributed by atoms with van der Waals surface area (Å²) < 4.78 is 11.7. The molecule has 1 aromatic rings. The molecule has 0 heterocycles. The predicted octanol–water partition coefficient (Wildman–Crippen LogP) is 8.10. The van der Waals surface area contributed by atoms with Crippen molar-refractivity contribution in [2.75, 3.05) is 0 Å². The Morgan fingerprint density at radius 3 is 1.76 bits per heavy atom. The molecule has 3 atom stereocenters. The summed E-state index contributed by atoms with van der Waals surface area (Å²) in [6.45, 7) is 7.81. The number of hydrogen-bond acceptors (Lipinski definition) is 4. The molecule has 2 N–H and O–H groups in total. The number of hydrogen-bond donors (Lipinski definition) is 2. The second kappa shape index (κ2) is 20.1. The van der Waals surface area contributed by atoms with Crippen LogP contribution >= 0.6 is 0 Å². The molecule has 0 amide bonds. The third kappa shape index (κ3) is 15.7. The van der Waals surface area contributed by atoms with Crippen LogP contribution in [0.25, 0.3) is 0 Å². The number of aryl methyl sites for hydroxylation is 2. The second-order valence-corrected chi connectivity index (χ2v) is 10.1. The van der Waals surface area contributed by atoms with E-state index >= 15 is 0 Å². The number of benzene rings is 1. The van der Waals surface area contributed by atoms with Crippen molar-refractivity contribution in [3.8, 4) is 5.75 Å². The van der Waals surface area contributed by atoms with Gasteiger partial charge >= 0.3 is 0 Å². The van der Waals surface area contributed by atoms with E-state index in [2.05, 4.69) is 32.0 Å². The van der Waals surface area contributed by atoms with Crippen molar-refractivity contribution in [3.63, 3.8) is 0 Å². The summed E-state index contributed by atoms with van der Waals surface area (Å²) in [6.07, 6.45) is 18.5. The molecule has 0 radical (unpaired) electrons. The molecule has 0 bridgehead atoms. The van der Waals surface area contributed by atoms with E-state index in [-0.39, 0.29) is 0 Å². The Balaban J connectivity index is 2.71. The average Bonchev–Trinajstić information content (AvgIpc) is 2.78. The number of ether oxygens (including phenoxy) is 2. The normalized spacial score (nSPS) is 14.2. The summed E-state index contributed by atoms with van der Waals surface area (Å²) in [6, 6.07) is 6.54. The lowest BCUT2D eigenvalue weighted by Crippen LogP contribution is -2.29. The minimum absolute atomic E-state index is 0.321. The highest BCUT2D eigenvalue weighted by Gasteiger charge is 2.18. The van der Waals surface area contributed by atoms with Gasteiger partial charge in [-0.25, -0.2) is 0 Å². The van der Waals surface area contributed by atoms with Gasteiger partial charge in [-0.3, -0.25) is 0 Å². The van der Waals surface area contributed by atoms with Gasteiger partial charge in [0.15, 0.2) is 6.29 Å². The number of unbranched alkanes of at least 4 members (excludes halogenated alkanes) is 12. The summed E-state index contributed by atoms with van der Waals surface area (Å²) in [5.41, 5.74) is 2.60. The van der Waals surface area contributed by atoms with E-state index in [0.29, 0.717) is 6.42 Å². The van der Waals surface area contributed by atoms with Crippen LogP contribution in [0.4, 0.5) is 0 Å². The first kappa shape index (κ1) is 30.9. The average molecular weight is 479 g/mol. The van der Waals surface area contributed by atoms with Crippen molar-refractivity contribution in [1.82, 2.24) is 0 Å². The van der Waals surface area contributed by atoms with Crippen LogP contribution in [0.1, 0.15) is 135 Å². The van der Waals surface area contributed by atoms with Gasteiger partial charge in [0.1, 0.15) is 5.75 Å². The summed E-state index contributed by atoms with van der Waals surface area (Å²) in [5, 5.41) is 19.5. The van der Waals surface area contributed by atoms with Crippen molar-refractivity contribution in [3.05, 3.63) is 29.3 Å². The topological polar surface area (TPSA) is 58.9 Å². The highest BCUT2D eigenvalue weighted by Crippen LogP contribution is 2.26. The summed E-state index contributed by atoms with van der Waals surface area (Å²) in [7, 11) is 0. The Bertz CT molecular complexity index is 589. The quantitative estimate of drug-likeness (QED) is 0.130. The first-order valence-electron chi connectivity index (χ1n) is 14.3. The Labute approximate surface area is 210 Å². The van der Waals surface area contributed by atoms with Crippen molar-refractivity contribution in [2.24, 2.45) is 0 Å². The zero-order valence-electron chi connectivity index (χ0n) is 22.7. The van der Waals surface area contributed by atoms with E-state index in [1.807, 2.05) is 0 Å². The first-order chi connectivity index (χ1) is 16.5. The lowest BCUT2D eigenvalue weighted by Gasteiger charge is -2.24. The minimum Gasteiger partial charge on any atom is -0.464 e. The fourth-order valence-corrected chi connectivity index (χ4v) is 4.43. The summed E-state index contributed by atoms with van der Waals surface area (Å²) in [4.78, 5) is 0. The summed E-state index contributed by atoms with van der Waals surface area (Å²) >= 11 is 0. The van der Waals surface area contributed by atoms with Gasteiger partial charge in [-0.1, -0.05) is 103 Å². The van der Waals surface area contributed by atoms with Crippen LogP contribution in [-0.2, 0) is 17.6 Å². The van der Waals surface area contributed by atoms with Crippen LogP contribution < -0.4 is 4.74 Å². The van der Waals surface area contributed by atoms with E-state index < -0.39 is 18.7 Å². The first-order valence-corrected chi connectivity index (χ1v) is 14.3. The van der Waals surface area contributed by atoms with Gasteiger partial charge < -0.3 is 19.7 Å². The molecule has 0 spiro atoms. The van der Waals surface area contributed by atoms with Crippen molar-refractivity contribution >= 4 is 0 Å². The van der Waals surface area contributed by atoms with Gasteiger partial charge in [-0.05, 0) is 56.7 Å². The number of aliphatic hydroxyl groups excluding tert-OH is 2. The molecule has 0 saturated heterocycles. The lowest BCUT2D eigenvalue weighted by atomic mass is 9.99. The van der Waals surface area contributed by atoms with Gasteiger partial charge in [0.2, 0.25) is 6.29 Å². The van der Waals surface area contributed by atoms with Crippen LogP contribution in [0.2, 0.25) is 0 Å². The van der Waals surface area contributed by atoms with Crippen molar-refractivity contribution < 1.29 is 19.7 Å². The molecule has 0 fully saturated rings. The molecule has 4 heteroatoms. The van der Waals surface area contributed by atoms with Crippen molar-refractivity contribution in [2.45, 2.75) is 156 Å². The Hall–Kier alpha value is -1.10. The fourth-order valence-electron chi connectivity index (χ4n) is 4.43. The van der Waals surface area contributed by atoms with Gasteiger partial charge in [-0.15, -0.1) is 0 Å². The maximum atomic E-state index is 9.84. The molecule has 4 nitrogen and oxygen atoms in total. The molecule has 0 aliphatic rings. The third-order valence-corrected chi connectivity index (χ3v) is 6.38. The minimum atomic E-state index is -0.938. The van der Waals surface area contributed by atoms with Crippen LogP contribution in [0, 0.1) is 0 Å². The van der Waals surface area contributed by atoms with E-state index in [1.165, 1.54) is 94.6 Å². The molecular weight excluding hydrogens is 424 g/mol. The molecule has 0 aliphatic carbocycles. The zero-order valence-corrected chi connectivity index (χ0v) is 22.7. The highest BCUT2D eigenvalue weighted by atomic mass is 16.7. The van der Waals surface area contributed by atoms with Gasteiger partial charge in [0.05, 0.1) is 6.10 Å². The largest absolute Gasteiger partial charge is 0.464 e. The van der Waals surface area contributed by atoms with Crippen LogP contribution in [0.3, 0.4) is 0 Å². The van der Waals surface area contributed by atoms with E-state index in [0.717, 1.165) is 25.0 Å². The molecule has 0 saturated carbocycles. The van der Waals surface area contributed by atoms with Gasteiger partial charge in [0.25, 0.3) is 0 Å². The molecule has 198 valence electrons. The van der Waals surface area contributed by atoms with Crippen LogP contribution in [-0.4, -0.2) is 28.9 Å². The SMILES string of the molecule is CCCCCCCCCc1ccc(OC(CC(C)O)OC(C)O)c(CCCCCCCCC)c1. The zero-order chi connectivity index (χ0) is 25.0. The van der Waals surface area contributed by atoms with E-state index in [9.17, 15) is 10.2 Å². The van der Waals surface area contributed by atoms with E-state index in [4.69, 9.17) is 9.47 Å². The molecule has 3 unspecified atom stereocenters. The maximum absolute atomic E-state index is 9.84. The van der Waals surface area contributed by atoms with Gasteiger partial charge in [-0.2, -0.15) is 0 Å². The van der Waals surface area contributed by atoms with E-state index in [1.54, 1.807) is 13.8 Å². The maximum Gasteiger partial charge on any atom is 0.204 e. The third-order valence-electron chi connectivity index (χ3n) is 6.38. The smallest absolute Gasteiger partial charge is 0.204 e. The second-order valence-electron chi connectivity index (χ2n) is 10.1. The summed E-state index contributed by atoms with van der Waals surface area (Å²) in [5.74, 6) is 0.820. The Morgan fingerprint density at radius 1 is 0.706 bits per heavy atom. The fraction of sp³-hybridized carbons (Fsp3) is 0.800. The molecule has 1 rings (SSSR count). The molecule has 0 aromatic heterocycles. The molecular formula is C30H54O4. The highest BCUT2D eigenvalue weighted by molar-refractivity contribution is 5.37. The Kier molecular flexibility index (Phi) is 18.3. The molecule has 0 aliphatic heterocycles. The molecule has 34 heavy (non-hydrogen) atoms. The van der Waals surface area contributed by atoms with Gasteiger partial charge in [0, 0.05) is 6.42 Å². The predicted molar refractivity (Wildman–Crippen MR) is 143 cm³/mol. The lowest BCUT2D eigenvalue weighted by molar-refractivity contribution is -0.196. The monoisotopic (exact) mass is 478 g/mol. The Morgan fingerprint density at radius 2 is 1.24 bits per heavy atom.